The molecule has 0 saturated heterocycles. The second kappa shape index (κ2) is 18.8. The van der Waals surface area contributed by atoms with E-state index in [-0.39, 0.29) is 13.2 Å². The molecule has 0 fully saturated rings. The van der Waals surface area contributed by atoms with Gasteiger partial charge in [-0.05, 0) is 6.42 Å². The molecule has 4 N–H and O–H groups in total. The highest BCUT2D eigenvalue weighted by Gasteiger charge is 2.10. The van der Waals surface area contributed by atoms with Crippen molar-refractivity contribution in [3.05, 3.63) is 13.2 Å². The second-order valence-electron chi connectivity index (χ2n) is 2.44. The number of carbonyl (C=O) groups is 1. The number of hydrogen-bond donors (Lipinski definition) is 4. The van der Waals surface area contributed by atoms with Crippen LogP contribution in [0.5, 0.6) is 0 Å². The summed E-state index contributed by atoms with van der Waals surface area (Å²) in [6.45, 7) is 7.70. The fraction of sp³-hybridized carbons (Fsp3) is 0.700. The van der Waals surface area contributed by atoms with E-state index >= 15 is 0 Å². The second-order valence-corrected chi connectivity index (χ2v) is 2.44. The van der Waals surface area contributed by atoms with Crippen molar-refractivity contribution < 1.29 is 25.2 Å². The van der Waals surface area contributed by atoms with Crippen molar-refractivity contribution in [1.82, 2.24) is 0 Å². The van der Waals surface area contributed by atoms with Gasteiger partial charge in [0, 0.05) is 0 Å². The van der Waals surface area contributed by atoms with Crippen LogP contribution >= 0.6 is 0 Å². The molecule has 0 aromatic carbocycles. The first-order chi connectivity index (χ1) is 7.09. The number of carboxylic acid groups (broad SMARTS) is 1. The molecule has 0 aromatic heterocycles. The van der Waals surface area contributed by atoms with Crippen LogP contribution in [-0.2, 0) is 4.79 Å². The zero-order chi connectivity index (χ0) is 12.7. The van der Waals surface area contributed by atoms with Crippen molar-refractivity contribution in [2.24, 2.45) is 0 Å². The molecule has 0 radical (unpaired) electrons. The minimum Gasteiger partial charge on any atom is -0.479 e. The summed E-state index contributed by atoms with van der Waals surface area (Å²) in [4.78, 5) is 9.96. The molecule has 1 atom stereocenters. The SMILES string of the molecule is C=C.CCCCC(O)C(=O)O.OCCO. The van der Waals surface area contributed by atoms with Crippen molar-refractivity contribution in [3.8, 4) is 0 Å². The minimum atomic E-state index is -1.16. The third-order valence-corrected chi connectivity index (χ3v) is 1.22. The topological polar surface area (TPSA) is 98.0 Å². The molecular weight excluding hydrogens is 200 g/mol. The fourth-order valence-corrected chi connectivity index (χ4v) is 0.521. The third-order valence-electron chi connectivity index (χ3n) is 1.22. The molecule has 92 valence electrons. The first kappa shape index (κ1) is 19.6. The molecular formula is C10H22O5. The van der Waals surface area contributed by atoms with Crippen LogP contribution in [0.4, 0.5) is 0 Å². The van der Waals surface area contributed by atoms with Crippen LogP contribution in [0.25, 0.3) is 0 Å². The van der Waals surface area contributed by atoms with Crippen LogP contribution in [0.1, 0.15) is 26.2 Å². The molecule has 0 aromatic rings. The largest absolute Gasteiger partial charge is 0.479 e. The number of carboxylic acids is 1. The molecule has 0 saturated carbocycles. The highest BCUT2D eigenvalue weighted by Crippen LogP contribution is 1.99. The van der Waals surface area contributed by atoms with Crippen molar-refractivity contribution in [2.75, 3.05) is 13.2 Å². The van der Waals surface area contributed by atoms with E-state index in [0.29, 0.717) is 6.42 Å². The smallest absolute Gasteiger partial charge is 0.332 e. The Balaban J connectivity index is -0.000000202. The summed E-state index contributed by atoms with van der Waals surface area (Å²) >= 11 is 0. The van der Waals surface area contributed by atoms with Gasteiger partial charge in [-0.2, -0.15) is 0 Å². The quantitative estimate of drug-likeness (QED) is 0.505. The van der Waals surface area contributed by atoms with Gasteiger partial charge in [-0.15, -0.1) is 13.2 Å². The average Bonchev–Trinajstić information content (AvgIpc) is 2.28. The van der Waals surface area contributed by atoms with Gasteiger partial charge in [0.1, 0.15) is 0 Å². The summed E-state index contributed by atoms with van der Waals surface area (Å²) in [5, 5.41) is 32.1. The van der Waals surface area contributed by atoms with Crippen LogP contribution in [-0.4, -0.2) is 45.7 Å². The van der Waals surface area contributed by atoms with Gasteiger partial charge in [0.25, 0.3) is 0 Å². The first-order valence-corrected chi connectivity index (χ1v) is 4.72. The Hall–Kier alpha value is -0.910. The Morgan fingerprint density at radius 3 is 1.87 bits per heavy atom. The summed E-state index contributed by atoms with van der Waals surface area (Å²) in [6, 6.07) is 0. The van der Waals surface area contributed by atoms with Crippen LogP contribution < -0.4 is 0 Å². The highest BCUT2D eigenvalue weighted by molar-refractivity contribution is 5.71. The van der Waals surface area contributed by atoms with E-state index in [1.165, 1.54) is 0 Å². The van der Waals surface area contributed by atoms with E-state index in [2.05, 4.69) is 13.2 Å². The molecule has 0 aliphatic carbocycles. The number of unbranched alkanes of at least 4 members (excludes halogenated alkanes) is 1. The summed E-state index contributed by atoms with van der Waals surface area (Å²) in [7, 11) is 0. The predicted molar refractivity (Wildman–Crippen MR) is 58.6 cm³/mol. The Morgan fingerprint density at radius 1 is 1.27 bits per heavy atom. The Kier molecular flexibility index (Phi) is 24.6. The Labute approximate surface area is 90.7 Å². The summed E-state index contributed by atoms with van der Waals surface area (Å²) in [6.07, 6.45) is 0.897. The zero-order valence-electron chi connectivity index (χ0n) is 9.22. The lowest BCUT2D eigenvalue weighted by molar-refractivity contribution is -0.146. The Morgan fingerprint density at radius 2 is 1.67 bits per heavy atom. The van der Waals surface area contributed by atoms with Gasteiger partial charge in [-0.3, -0.25) is 0 Å². The third kappa shape index (κ3) is 24.6. The molecule has 5 nitrogen and oxygen atoms in total. The van der Waals surface area contributed by atoms with Crippen LogP contribution in [0.15, 0.2) is 13.2 Å². The first-order valence-electron chi connectivity index (χ1n) is 4.72. The Bertz CT molecular complexity index is 125. The molecule has 0 bridgehead atoms. The summed E-state index contributed by atoms with van der Waals surface area (Å²) in [5.74, 6) is -1.12. The van der Waals surface area contributed by atoms with Crippen molar-refractivity contribution >= 4 is 5.97 Å². The minimum absolute atomic E-state index is 0.125. The van der Waals surface area contributed by atoms with Crippen molar-refractivity contribution in [2.45, 2.75) is 32.3 Å². The number of aliphatic carboxylic acids is 1. The molecule has 0 spiro atoms. The zero-order valence-corrected chi connectivity index (χ0v) is 9.22. The van der Waals surface area contributed by atoms with E-state index in [1.54, 1.807) is 0 Å². The van der Waals surface area contributed by atoms with Crippen LogP contribution in [0, 0.1) is 0 Å². The van der Waals surface area contributed by atoms with Gasteiger partial charge in [0.2, 0.25) is 0 Å². The highest BCUT2D eigenvalue weighted by atomic mass is 16.4. The van der Waals surface area contributed by atoms with Gasteiger partial charge in [0.15, 0.2) is 6.10 Å². The summed E-state index contributed by atoms with van der Waals surface area (Å²) in [5.41, 5.74) is 0. The van der Waals surface area contributed by atoms with Gasteiger partial charge < -0.3 is 20.4 Å². The average molecular weight is 222 g/mol. The van der Waals surface area contributed by atoms with Gasteiger partial charge in [-0.1, -0.05) is 19.8 Å². The standard InChI is InChI=1S/C6H12O3.C2H6O2.C2H4/c1-2-3-4-5(7)6(8)9;3-1-2-4;1-2/h5,7H,2-4H2,1H3,(H,8,9);3-4H,1-2H2;1-2H2. The number of rotatable bonds is 5. The van der Waals surface area contributed by atoms with E-state index in [9.17, 15) is 4.79 Å². The van der Waals surface area contributed by atoms with Crippen molar-refractivity contribution in [1.29, 1.82) is 0 Å². The molecule has 0 heterocycles. The van der Waals surface area contributed by atoms with Gasteiger partial charge >= 0.3 is 5.97 Å². The lowest BCUT2D eigenvalue weighted by atomic mass is 10.2. The molecule has 0 aliphatic heterocycles. The van der Waals surface area contributed by atoms with E-state index in [0.717, 1.165) is 12.8 Å². The normalized spacial score (nSPS) is 10.1. The van der Waals surface area contributed by atoms with Gasteiger partial charge in [0.05, 0.1) is 13.2 Å². The molecule has 0 rings (SSSR count). The maximum Gasteiger partial charge on any atom is 0.332 e. The lowest BCUT2D eigenvalue weighted by Gasteiger charge is -2.01. The number of aliphatic hydroxyl groups is 3. The molecule has 0 amide bonds. The maximum atomic E-state index is 9.96. The van der Waals surface area contributed by atoms with Gasteiger partial charge in [-0.25, -0.2) is 4.79 Å². The number of aliphatic hydroxyl groups excluding tert-OH is 3. The number of hydrogen-bond acceptors (Lipinski definition) is 4. The molecule has 0 aliphatic rings. The molecule has 5 heteroatoms. The van der Waals surface area contributed by atoms with E-state index in [1.807, 2.05) is 6.92 Å². The van der Waals surface area contributed by atoms with Crippen molar-refractivity contribution in [3.63, 3.8) is 0 Å². The fourth-order valence-electron chi connectivity index (χ4n) is 0.521. The van der Waals surface area contributed by atoms with Crippen LogP contribution in [0.2, 0.25) is 0 Å². The summed E-state index contributed by atoms with van der Waals surface area (Å²) < 4.78 is 0. The predicted octanol–water partition coefficient (Wildman–Crippen LogP) is 0.395. The lowest BCUT2D eigenvalue weighted by Crippen LogP contribution is -2.18. The van der Waals surface area contributed by atoms with Crippen LogP contribution in [0.3, 0.4) is 0 Å². The molecule has 15 heavy (non-hydrogen) atoms. The monoisotopic (exact) mass is 222 g/mol. The molecule has 1 unspecified atom stereocenters. The van der Waals surface area contributed by atoms with E-state index in [4.69, 9.17) is 20.4 Å². The van der Waals surface area contributed by atoms with E-state index < -0.39 is 12.1 Å². The maximum absolute atomic E-state index is 9.96.